The van der Waals surface area contributed by atoms with E-state index in [0.717, 1.165) is 16.0 Å². The summed E-state index contributed by atoms with van der Waals surface area (Å²) in [5, 5.41) is 4.88. The maximum atomic E-state index is 12.1. The fourth-order valence-corrected chi connectivity index (χ4v) is 2.99. The number of nitrogens with one attached hydrogen (secondary N) is 1. The molecule has 0 bridgehead atoms. The van der Waals surface area contributed by atoms with Gasteiger partial charge in [0.25, 0.3) is 5.91 Å². The largest absolute Gasteiger partial charge is 0.481 e. The molecule has 24 heavy (non-hydrogen) atoms. The SMILES string of the molecule is C[C@@H](Oc1ccc(-c2ccccc2)cc1)C(=O)NCc1cccs1. The monoisotopic (exact) mass is 337 g/mol. The van der Waals surface area contributed by atoms with Crippen molar-refractivity contribution in [3.8, 4) is 16.9 Å². The molecule has 122 valence electrons. The van der Waals surface area contributed by atoms with Crippen LogP contribution in [0.25, 0.3) is 11.1 Å². The van der Waals surface area contributed by atoms with Crippen LogP contribution in [-0.2, 0) is 11.3 Å². The molecule has 3 nitrogen and oxygen atoms in total. The minimum absolute atomic E-state index is 0.115. The molecule has 2 aromatic carbocycles. The van der Waals surface area contributed by atoms with E-state index in [0.29, 0.717) is 12.3 Å². The molecule has 1 atom stereocenters. The molecule has 3 rings (SSSR count). The number of hydrogen-bond acceptors (Lipinski definition) is 3. The van der Waals surface area contributed by atoms with E-state index < -0.39 is 6.10 Å². The lowest BCUT2D eigenvalue weighted by Crippen LogP contribution is -2.35. The van der Waals surface area contributed by atoms with E-state index in [9.17, 15) is 4.79 Å². The van der Waals surface area contributed by atoms with Gasteiger partial charge in [0.2, 0.25) is 0 Å². The highest BCUT2D eigenvalue weighted by molar-refractivity contribution is 7.09. The molecule has 0 aliphatic rings. The minimum Gasteiger partial charge on any atom is -0.481 e. The Morgan fingerprint density at radius 3 is 2.38 bits per heavy atom. The highest BCUT2D eigenvalue weighted by Gasteiger charge is 2.14. The van der Waals surface area contributed by atoms with Crippen molar-refractivity contribution < 1.29 is 9.53 Å². The second-order valence-corrected chi connectivity index (χ2v) is 6.48. The van der Waals surface area contributed by atoms with Crippen LogP contribution in [0.3, 0.4) is 0 Å². The van der Waals surface area contributed by atoms with Gasteiger partial charge in [-0.25, -0.2) is 0 Å². The number of ether oxygens (including phenoxy) is 1. The van der Waals surface area contributed by atoms with Gasteiger partial charge in [-0.3, -0.25) is 4.79 Å². The third kappa shape index (κ3) is 4.24. The Hall–Kier alpha value is -2.59. The number of amides is 1. The van der Waals surface area contributed by atoms with Crippen molar-refractivity contribution in [1.29, 1.82) is 0 Å². The highest BCUT2D eigenvalue weighted by Crippen LogP contribution is 2.22. The Balaban J connectivity index is 1.56. The maximum Gasteiger partial charge on any atom is 0.261 e. The Bertz CT molecular complexity index is 767. The quantitative estimate of drug-likeness (QED) is 0.719. The first kappa shape index (κ1) is 16.3. The predicted molar refractivity (Wildman–Crippen MR) is 98.1 cm³/mol. The lowest BCUT2D eigenvalue weighted by Gasteiger charge is -2.14. The average molecular weight is 337 g/mol. The van der Waals surface area contributed by atoms with E-state index in [4.69, 9.17) is 4.74 Å². The molecule has 3 aromatic rings. The first-order valence-corrected chi connectivity index (χ1v) is 8.72. The first-order valence-electron chi connectivity index (χ1n) is 7.84. The topological polar surface area (TPSA) is 38.3 Å². The molecule has 0 radical (unpaired) electrons. The summed E-state index contributed by atoms with van der Waals surface area (Å²) < 4.78 is 5.73. The zero-order valence-electron chi connectivity index (χ0n) is 13.4. The molecule has 0 fully saturated rings. The number of thiophene rings is 1. The van der Waals surface area contributed by atoms with Gasteiger partial charge in [-0.2, -0.15) is 0 Å². The van der Waals surface area contributed by atoms with Crippen molar-refractivity contribution in [3.63, 3.8) is 0 Å². The van der Waals surface area contributed by atoms with Crippen LogP contribution in [0, 0.1) is 0 Å². The third-order valence-electron chi connectivity index (χ3n) is 3.66. The first-order chi connectivity index (χ1) is 11.7. The van der Waals surface area contributed by atoms with Crippen molar-refractivity contribution in [1.82, 2.24) is 5.32 Å². The Morgan fingerprint density at radius 1 is 1.00 bits per heavy atom. The lowest BCUT2D eigenvalue weighted by molar-refractivity contribution is -0.127. The van der Waals surface area contributed by atoms with Crippen molar-refractivity contribution in [2.45, 2.75) is 19.6 Å². The summed E-state index contributed by atoms with van der Waals surface area (Å²) in [6.45, 7) is 2.30. The van der Waals surface area contributed by atoms with Crippen LogP contribution in [0.5, 0.6) is 5.75 Å². The van der Waals surface area contributed by atoms with Gasteiger partial charge in [0.05, 0.1) is 6.54 Å². The van der Waals surface area contributed by atoms with Gasteiger partial charge >= 0.3 is 0 Å². The normalized spacial score (nSPS) is 11.7. The molecule has 0 saturated carbocycles. The van der Waals surface area contributed by atoms with Gasteiger partial charge < -0.3 is 10.1 Å². The van der Waals surface area contributed by atoms with Gasteiger partial charge in [0, 0.05) is 4.88 Å². The van der Waals surface area contributed by atoms with Crippen molar-refractivity contribution in [3.05, 3.63) is 77.0 Å². The van der Waals surface area contributed by atoms with Gasteiger partial charge in [0.1, 0.15) is 5.75 Å². The Labute approximate surface area is 145 Å². The smallest absolute Gasteiger partial charge is 0.261 e. The zero-order chi connectivity index (χ0) is 16.8. The molecule has 1 amide bonds. The minimum atomic E-state index is -0.535. The number of rotatable bonds is 6. The summed E-state index contributed by atoms with van der Waals surface area (Å²) in [7, 11) is 0. The Morgan fingerprint density at radius 2 is 1.71 bits per heavy atom. The highest BCUT2D eigenvalue weighted by atomic mass is 32.1. The van der Waals surface area contributed by atoms with Crippen LogP contribution in [0.2, 0.25) is 0 Å². The second-order valence-electron chi connectivity index (χ2n) is 5.45. The summed E-state index contributed by atoms with van der Waals surface area (Å²) >= 11 is 1.62. The standard InChI is InChI=1S/C20H19NO2S/c1-15(20(22)21-14-19-8-5-13-24-19)23-18-11-9-17(10-12-18)16-6-3-2-4-7-16/h2-13,15H,14H2,1H3,(H,21,22)/t15-/m1/s1. The van der Waals surface area contributed by atoms with Crippen LogP contribution in [-0.4, -0.2) is 12.0 Å². The molecule has 0 saturated heterocycles. The van der Waals surface area contributed by atoms with E-state index >= 15 is 0 Å². The summed E-state index contributed by atoms with van der Waals surface area (Å²) in [5.41, 5.74) is 2.28. The number of carbonyl (C=O) groups excluding carboxylic acids is 1. The van der Waals surface area contributed by atoms with Crippen LogP contribution in [0.1, 0.15) is 11.8 Å². The molecule has 1 N–H and O–H groups in total. The molecule has 4 heteroatoms. The van der Waals surface area contributed by atoms with E-state index in [1.165, 1.54) is 0 Å². The molecule has 1 aromatic heterocycles. The molecular weight excluding hydrogens is 318 g/mol. The summed E-state index contributed by atoms with van der Waals surface area (Å²) in [6.07, 6.45) is -0.535. The fourth-order valence-electron chi connectivity index (χ4n) is 2.35. The molecule has 0 aliphatic carbocycles. The summed E-state index contributed by atoms with van der Waals surface area (Å²) in [5.74, 6) is 0.573. The van der Waals surface area contributed by atoms with E-state index in [1.54, 1.807) is 18.3 Å². The van der Waals surface area contributed by atoms with Crippen LogP contribution in [0.15, 0.2) is 72.1 Å². The summed E-state index contributed by atoms with van der Waals surface area (Å²) in [4.78, 5) is 13.2. The predicted octanol–water partition coefficient (Wildman–Crippen LogP) is 4.50. The molecule has 0 unspecified atom stereocenters. The molecule has 0 aliphatic heterocycles. The van der Waals surface area contributed by atoms with E-state index in [2.05, 4.69) is 17.4 Å². The van der Waals surface area contributed by atoms with Gasteiger partial charge in [-0.05, 0) is 41.6 Å². The molecule has 0 spiro atoms. The lowest BCUT2D eigenvalue weighted by atomic mass is 10.1. The molecular formula is C20H19NO2S. The number of carbonyl (C=O) groups is 1. The number of benzene rings is 2. The van der Waals surface area contributed by atoms with Crippen LogP contribution < -0.4 is 10.1 Å². The summed E-state index contributed by atoms with van der Waals surface area (Å²) in [6, 6.07) is 21.9. The Kier molecular flexibility index (Phi) is 5.29. The second kappa shape index (κ2) is 7.79. The van der Waals surface area contributed by atoms with Gasteiger partial charge in [-0.15, -0.1) is 11.3 Å². The van der Waals surface area contributed by atoms with Crippen molar-refractivity contribution in [2.75, 3.05) is 0 Å². The third-order valence-corrected chi connectivity index (χ3v) is 4.54. The van der Waals surface area contributed by atoms with Crippen LogP contribution in [0.4, 0.5) is 0 Å². The average Bonchev–Trinajstić information content (AvgIpc) is 3.14. The van der Waals surface area contributed by atoms with E-state index in [-0.39, 0.29) is 5.91 Å². The van der Waals surface area contributed by atoms with Crippen LogP contribution >= 0.6 is 11.3 Å². The van der Waals surface area contributed by atoms with Gasteiger partial charge in [-0.1, -0.05) is 48.5 Å². The maximum absolute atomic E-state index is 12.1. The zero-order valence-corrected chi connectivity index (χ0v) is 14.3. The van der Waals surface area contributed by atoms with Gasteiger partial charge in [0.15, 0.2) is 6.10 Å². The number of hydrogen-bond donors (Lipinski definition) is 1. The molecule has 1 heterocycles. The van der Waals surface area contributed by atoms with E-state index in [1.807, 2.05) is 60.0 Å². The van der Waals surface area contributed by atoms with Crippen molar-refractivity contribution in [2.24, 2.45) is 0 Å². The van der Waals surface area contributed by atoms with Crippen molar-refractivity contribution >= 4 is 17.2 Å². The fraction of sp³-hybridized carbons (Fsp3) is 0.150.